The zero-order valence-corrected chi connectivity index (χ0v) is 16.4. The summed E-state index contributed by atoms with van der Waals surface area (Å²) in [5, 5.41) is 5.65. The first-order valence-electron chi connectivity index (χ1n) is 9.15. The first-order chi connectivity index (χ1) is 13.6. The van der Waals surface area contributed by atoms with Crippen molar-refractivity contribution in [2.24, 2.45) is 0 Å². The third kappa shape index (κ3) is 5.13. The fourth-order valence-corrected chi connectivity index (χ4v) is 3.75. The maximum absolute atomic E-state index is 12.3. The number of carbonyl (C=O) groups is 3. The van der Waals surface area contributed by atoms with E-state index in [4.69, 9.17) is 4.74 Å². The van der Waals surface area contributed by atoms with Crippen molar-refractivity contribution in [3.63, 3.8) is 0 Å². The molecule has 0 fully saturated rings. The summed E-state index contributed by atoms with van der Waals surface area (Å²) < 4.78 is 5.15. The van der Waals surface area contributed by atoms with Crippen molar-refractivity contribution in [2.45, 2.75) is 30.7 Å². The highest BCUT2D eigenvalue weighted by Gasteiger charge is 2.19. The Bertz CT molecular complexity index is 870. The van der Waals surface area contributed by atoms with Gasteiger partial charge in [-0.3, -0.25) is 9.59 Å². The minimum atomic E-state index is -0.602. The van der Waals surface area contributed by atoms with Gasteiger partial charge in [0.25, 0.3) is 5.91 Å². The first-order valence-corrected chi connectivity index (χ1v) is 10.1. The summed E-state index contributed by atoms with van der Waals surface area (Å²) in [6.07, 6.45) is 1.71. The number of benzene rings is 2. The fraction of sp³-hybridized carbons (Fsp3) is 0.286. The Labute approximate surface area is 168 Å². The molecule has 0 bridgehead atoms. The number of hydrogen-bond acceptors (Lipinski definition) is 5. The van der Waals surface area contributed by atoms with Crippen LogP contribution in [0.3, 0.4) is 0 Å². The normalized spacial score (nSPS) is 13.8. The molecule has 146 valence electrons. The predicted octanol–water partition coefficient (Wildman–Crippen LogP) is 3.55. The quantitative estimate of drug-likeness (QED) is 0.697. The van der Waals surface area contributed by atoms with E-state index in [1.54, 1.807) is 18.2 Å². The molecule has 0 spiro atoms. The highest BCUT2D eigenvalue weighted by Crippen LogP contribution is 2.32. The van der Waals surface area contributed by atoms with Crippen molar-refractivity contribution in [1.29, 1.82) is 0 Å². The molecule has 6 nitrogen and oxygen atoms in total. The maximum atomic E-state index is 12.3. The van der Waals surface area contributed by atoms with Crippen LogP contribution in [-0.2, 0) is 14.3 Å². The number of hydrogen-bond donors (Lipinski definition) is 2. The van der Waals surface area contributed by atoms with Crippen LogP contribution in [0.1, 0.15) is 41.7 Å². The van der Waals surface area contributed by atoms with Crippen molar-refractivity contribution in [3.8, 4) is 0 Å². The van der Waals surface area contributed by atoms with E-state index in [-0.39, 0.29) is 24.5 Å². The summed E-state index contributed by atoms with van der Waals surface area (Å²) in [4.78, 5) is 36.9. The standard InChI is InChI=1S/C21H22N2O4S/c1-2-6-16(14-7-4-3-5-8-14)22-19(24)12-27-21(26)15-9-10-18-17(11-15)23-20(25)13-28-18/h3-5,7-11,16H,2,6,12-13H2,1H3,(H,22,24)(H,23,25)/t16-/m1/s1. The summed E-state index contributed by atoms with van der Waals surface area (Å²) in [6, 6.07) is 14.6. The van der Waals surface area contributed by atoms with E-state index in [9.17, 15) is 14.4 Å². The lowest BCUT2D eigenvalue weighted by molar-refractivity contribution is -0.125. The van der Waals surface area contributed by atoms with Gasteiger partial charge in [-0.05, 0) is 30.2 Å². The Morgan fingerprint density at radius 2 is 2.00 bits per heavy atom. The lowest BCUT2D eigenvalue weighted by Crippen LogP contribution is -2.32. The Kier molecular flexibility index (Phi) is 6.71. The summed E-state index contributed by atoms with van der Waals surface area (Å²) in [7, 11) is 0. The van der Waals surface area contributed by atoms with Crippen LogP contribution in [0.25, 0.3) is 0 Å². The molecule has 2 aromatic carbocycles. The average molecular weight is 398 g/mol. The third-order valence-electron chi connectivity index (χ3n) is 4.30. The summed E-state index contributed by atoms with van der Waals surface area (Å²) in [5.41, 5.74) is 1.90. The maximum Gasteiger partial charge on any atom is 0.338 e. The number of thioether (sulfide) groups is 1. The van der Waals surface area contributed by atoms with Crippen LogP contribution in [0.15, 0.2) is 53.4 Å². The van der Waals surface area contributed by atoms with Crippen LogP contribution in [0, 0.1) is 0 Å². The minimum absolute atomic E-state index is 0.106. The van der Waals surface area contributed by atoms with Gasteiger partial charge < -0.3 is 15.4 Å². The molecule has 1 aliphatic rings. The average Bonchev–Trinajstić information content (AvgIpc) is 2.71. The molecule has 7 heteroatoms. The van der Waals surface area contributed by atoms with E-state index in [0.717, 1.165) is 23.3 Å². The van der Waals surface area contributed by atoms with Crippen molar-refractivity contribution in [3.05, 3.63) is 59.7 Å². The Morgan fingerprint density at radius 3 is 2.75 bits per heavy atom. The second-order valence-corrected chi connectivity index (χ2v) is 7.46. The third-order valence-corrected chi connectivity index (χ3v) is 5.37. The van der Waals surface area contributed by atoms with Crippen LogP contribution >= 0.6 is 11.8 Å². The highest BCUT2D eigenvalue weighted by molar-refractivity contribution is 8.00. The van der Waals surface area contributed by atoms with Gasteiger partial charge >= 0.3 is 5.97 Å². The van der Waals surface area contributed by atoms with E-state index < -0.39 is 5.97 Å². The molecular formula is C21H22N2O4S. The molecule has 1 heterocycles. The van der Waals surface area contributed by atoms with Crippen LogP contribution in [0.4, 0.5) is 5.69 Å². The number of ether oxygens (including phenoxy) is 1. The second kappa shape index (κ2) is 9.41. The molecule has 2 amide bonds. The number of esters is 1. The van der Waals surface area contributed by atoms with Gasteiger partial charge in [-0.15, -0.1) is 11.8 Å². The van der Waals surface area contributed by atoms with Gasteiger partial charge in [-0.1, -0.05) is 43.7 Å². The molecule has 3 rings (SSSR count). The predicted molar refractivity (Wildman–Crippen MR) is 108 cm³/mol. The zero-order valence-electron chi connectivity index (χ0n) is 15.6. The number of amides is 2. The molecule has 2 N–H and O–H groups in total. The highest BCUT2D eigenvalue weighted by atomic mass is 32.2. The smallest absolute Gasteiger partial charge is 0.338 e. The number of carbonyl (C=O) groups excluding carboxylic acids is 3. The number of fused-ring (bicyclic) bond motifs is 1. The molecule has 0 aliphatic carbocycles. The minimum Gasteiger partial charge on any atom is -0.452 e. The van der Waals surface area contributed by atoms with Crippen LogP contribution in [0.2, 0.25) is 0 Å². The van der Waals surface area contributed by atoms with Crippen LogP contribution in [-0.4, -0.2) is 30.1 Å². The SMILES string of the molecule is CCC[C@@H](NC(=O)COC(=O)c1ccc2c(c1)NC(=O)CS2)c1ccccc1. The van der Waals surface area contributed by atoms with Crippen molar-refractivity contribution in [1.82, 2.24) is 5.32 Å². The lowest BCUT2D eigenvalue weighted by Gasteiger charge is -2.19. The molecule has 2 aromatic rings. The summed E-state index contributed by atoms with van der Waals surface area (Å²) in [5.74, 6) is -0.700. The van der Waals surface area contributed by atoms with Gasteiger partial charge in [0, 0.05) is 4.90 Å². The molecular weight excluding hydrogens is 376 g/mol. The van der Waals surface area contributed by atoms with Gasteiger partial charge in [0.15, 0.2) is 6.61 Å². The van der Waals surface area contributed by atoms with Gasteiger partial charge in [0.05, 0.1) is 23.0 Å². The molecule has 28 heavy (non-hydrogen) atoms. The van der Waals surface area contributed by atoms with Crippen LogP contribution < -0.4 is 10.6 Å². The summed E-state index contributed by atoms with van der Waals surface area (Å²) >= 11 is 1.42. The van der Waals surface area contributed by atoms with Crippen molar-refractivity contribution < 1.29 is 19.1 Å². The van der Waals surface area contributed by atoms with Crippen LogP contribution in [0.5, 0.6) is 0 Å². The molecule has 0 radical (unpaired) electrons. The number of rotatable bonds is 7. The van der Waals surface area contributed by atoms with E-state index in [1.807, 2.05) is 30.3 Å². The lowest BCUT2D eigenvalue weighted by atomic mass is 10.0. The molecule has 0 aromatic heterocycles. The molecule has 0 saturated carbocycles. The van der Waals surface area contributed by atoms with Gasteiger partial charge in [-0.2, -0.15) is 0 Å². The first kappa shape index (κ1) is 19.9. The van der Waals surface area contributed by atoms with E-state index in [1.165, 1.54) is 11.8 Å². The Morgan fingerprint density at radius 1 is 1.21 bits per heavy atom. The molecule has 1 atom stereocenters. The van der Waals surface area contributed by atoms with Crippen molar-refractivity contribution in [2.75, 3.05) is 17.7 Å². The largest absolute Gasteiger partial charge is 0.452 e. The van der Waals surface area contributed by atoms with E-state index >= 15 is 0 Å². The molecule has 1 aliphatic heterocycles. The monoisotopic (exact) mass is 398 g/mol. The van der Waals surface area contributed by atoms with Gasteiger partial charge in [0.2, 0.25) is 5.91 Å². The Hall–Kier alpha value is -2.80. The number of nitrogens with one attached hydrogen (secondary N) is 2. The van der Waals surface area contributed by atoms with Gasteiger partial charge in [0.1, 0.15) is 0 Å². The topological polar surface area (TPSA) is 84.5 Å². The molecule has 0 saturated heterocycles. The van der Waals surface area contributed by atoms with E-state index in [0.29, 0.717) is 17.0 Å². The fourth-order valence-electron chi connectivity index (χ4n) is 2.96. The second-order valence-electron chi connectivity index (χ2n) is 6.44. The zero-order chi connectivity index (χ0) is 19.9. The number of anilines is 1. The Balaban J connectivity index is 1.57. The summed E-state index contributed by atoms with van der Waals surface area (Å²) in [6.45, 7) is 1.69. The van der Waals surface area contributed by atoms with E-state index in [2.05, 4.69) is 17.6 Å². The molecule has 0 unspecified atom stereocenters. The van der Waals surface area contributed by atoms with Crippen molar-refractivity contribution >= 4 is 35.2 Å². The van der Waals surface area contributed by atoms with Gasteiger partial charge in [-0.25, -0.2) is 4.79 Å².